The molecule has 70 valence electrons. The lowest BCUT2D eigenvalue weighted by molar-refractivity contribution is -0.120. The minimum atomic E-state index is 0.476. The Bertz CT molecular complexity index is 141. The van der Waals surface area contributed by atoms with Crippen LogP contribution >= 0.6 is 11.8 Å². The highest BCUT2D eigenvalue weighted by Gasteiger charge is 2.28. The van der Waals surface area contributed by atoms with Crippen molar-refractivity contribution < 1.29 is 4.79 Å². The fourth-order valence-corrected chi connectivity index (χ4v) is 1.95. The third-order valence-electron chi connectivity index (χ3n) is 2.20. The van der Waals surface area contributed by atoms with E-state index in [9.17, 15) is 4.79 Å². The van der Waals surface area contributed by atoms with E-state index in [1.165, 1.54) is 30.8 Å². The maximum atomic E-state index is 11.2. The van der Waals surface area contributed by atoms with E-state index in [0.29, 0.717) is 11.7 Å². The largest absolute Gasteiger partial charge is 0.299 e. The summed E-state index contributed by atoms with van der Waals surface area (Å²) < 4.78 is 0. The van der Waals surface area contributed by atoms with Gasteiger partial charge in [-0.2, -0.15) is 11.8 Å². The normalized spacial score (nSPS) is 16.4. The molecule has 0 saturated heterocycles. The summed E-state index contributed by atoms with van der Waals surface area (Å²) >= 11 is 1.97. The van der Waals surface area contributed by atoms with Crippen LogP contribution in [0.15, 0.2) is 0 Å². The van der Waals surface area contributed by atoms with E-state index in [-0.39, 0.29) is 0 Å². The van der Waals surface area contributed by atoms with E-state index in [1.54, 1.807) is 0 Å². The summed E-state index contributed by atoms with van der Waals surface area (Å²) in [5.41, 5.74) is 0. The zero-order valence-electron chi connectivity index (χ0n) is 7.84. The van der Waals surface area contributed by atoms with Crippen LogP contribution in [0.4, 0.5) is 0 Å². The van der Waals surface area contributed by atoms with Crippen molar-refractivity contribution in [3.63, 3.8) is 0 Å². The number of carbonyl (C=O) groups excluding carboxylic acids is 1. The molecule has 1 aliphatic rings. The predicted octanol–water partition coefficient (Wildman–Crippen LogP) is 2.89. The van der Waals surface area contributed by atoms with Crippen LogP contribution in [0.25, 0.3) is 0 Å². The lowest BCUT2D eigenvalue weighted by atomic mass is 10.1. The number of hydrogen-bond acceptors (Lipinski definition) is 2. The first kappa shape index (κ1) is 10.1. The van der Waals surface area contributed by atoms with E-state index in [1.807, 2.05) is 11.8 Å². The fraction of sp³-hybridized carbons (Fsp3) is 0.900. The Morgan fingerprint density at radius 1 is 1.42 bits per heavy atom. The van der Waals surface area contributed by atoms with Crippen LogP contribution in [0.1, 0.15) is 39.0 Å². The minimum Gasteiger partial charge on any atom is -0.299 e. The molecule has 1 fully saturated rings. The van der Waals surface area contributed by atoms with Crippen molar-refractivity contribution in [3.8, 4) is 0 Å². The van der Waals surface area contributed by atoms with Gasteiger partial charge in [0, 0.05) is 12.3 Å². The summed E-state index contributed by atoms with van der Waals surface area (Å²) in [7, 11) is 0. The Labute approximate surface area is 79.3 Å². The second kappa shape index (κ2) is 5.63. The first-order chi connectivity index (χ1) is 5.84. The molecule has 0 spiro atoms. The van der Waals surface area contributed by atoms with E-state index in [2.05, 4.69) is 6.92 Å². The van der Waals surface area contributed by atoms with Gasteiger partial charge in [0.25, 0.3) is 0 Å². The molecule has 0 N–H and O–H groups in total. The van der Waals surface area contributed by atoms with Crippen molar-refractivity contribution >= 4 is 17.5 Å². The van der Waals surface area contributed by atoms with Gasteiger partial charge in [-0.15, -0.1) is 0 Å². The molecular weight excluding hydrogens is 168 g/mol. The number of thioether (sulfide) groups is 1. The molecule has 0 aliphatic heterocycles. The molecule has 1 nitrogen and oxygen atoms in total. The summed E-state index contributed by atoms with van der Waals surface area (Å²) in [6, 6.07) is 0. The average molecular weight is 186 g/mol. The van der Waals surface area contributed by atoms with Gasteiger partial charge in [0.2, 0.25) is 0 Å². The van der Waals surface area contributed by atoms with Gasteiger partial charge < -0.3 is 0 Å². The first-order valence-corrected chi connectivity index (χ1v) is 6.10. The van der Waals surface area contributed by atoms with E-state index in [0.717, 1.165) is 12.8 Å². The second-order valence-electron chi connectivity index (χ2n) is 3.39. The highest BCUT2D eigenvalue weighted by molar-refractivity contribution is 7.99. The molecule has 12 heavy (non-hydrogen) atoms. The Balaban J connectivity index is 1.84. The van der Waals surface area contributed by atoms with Crippen LogP contribution in [0.2, 0.25) is 0 Å². The van der Waals surface area contributed by atoms with Crippen LogP contribution < -0.4 is 0 Å². The molecule has 0 unspecified atom stereocenters. The molecule has 0 bridgehead atoms. The van der Waals surface area contributed by atoms with E-state index < -0.39 is 0 Å². The lowest BCUT2D eigenvalue weighted by Gasteiger charge is -1.98. The Morgan fingerprint density at radius 3 is 2.75 bits per heavy atom. The lowest BCUT2D eigenvalue weighted by Crippen LogP contribution is -1.99. The SMILES string of the molecule is CCSCCCCC(=O)C1CC1. The number of carbonyl (C=O) groups is 1. The van der Waals surface area contributed by atoms with Crippen molar-refractivity contribution in [2.24, 2.45) is 5.92 Å². The zero-order valence-corrected chi connectivity index (χ0v) is 8.66. The standard InChI is InChI=1S/C10H18OS/c1-2-12-8-4-3-5-10(11)9-6-7-9/h9H,2-8H2,1H3. The van der Waals surface area contributed by atoms with Gasteiger partial charge in [0.1, 0.15) is 5.78 Å². The third kappa shape index (κ3) is 4.15. The van der Waals surface area contributed by atoms with Gasteiger partial charge in [-0.05, 0) is 37.2 Å². The molecule has 0 amide bonds. The quantitative estimate of drug-likeness (QED) is 0.569. The van der Waals surface area contributed by atoms with Crippen molar-refractivity contribution in [1.29, 1.82) is 0 Å². The topological polar surface area (TPSA) is 17.1 Å². The maximum Gasteiger partial charge on any atom is 0.135 e. The molecular formula is C10H18OS. The van der Waals surface area contributed by atoms with Crippen LogP contribution in [-0.2, 0) is 4.79 Å². The average Bonchev–Trinajstić information content (AvgIpc) is 2.86. The molecule has 0 radical (unpaired) electrons. The van der Waals surface area contributed by atoms with Crippen LogP contribution in [0, 0.1) is 5.92 Å². The number of hydrogen-bond donors (Lipinski definition) is 0. The molecule has 0 aromatic heterocycles. The molecule has 0 atom stereocenters. The van der Waals surface area contributed by atoms with Gasteiger partial charge in [0.15, 0.2) is 0 Å². The Hall–Kier alpha value is 0.0200. The fourth-order valence-electron chi connectivity index (χ4n) is 1.26. The molecule has 1 aliphatic carbocycles. The molecule has 2 heteroatoms. The van der Waals surface area contributed by atoms with Crippen LogP contribution in [0.5, 0.6) is 0 Å². The molecule has 1 rings (SSSR count). The molecule has 0 aromatic carbocycles. The van der Waals surface area contributed by atoms with Crippen molar-refractivity contribution in [2.75, 3.05) is 11.5 Å². The third-order valence-corrected chi connectivity index (χ3v) is 3.18. The highest BCUT2D eigenvalue weighted by Crippen LogP contribution is 2.31. The first-order valence-electron chi connectivity index (χ1n) is 4.95. The highest BCUT2D eigenvalue weighted by atomic mass is 32.2. The van der Waals surface area contributed by atoms with Crippen LogP contribution in [0.3, 0.4) is 0 Å². The summed E-state index contributed by atoms with van der Waals surface area (Å²) in [6.45, 7) is 2.18. The zero-order chi connectivity index (χ0) is 8.81. The predicted molar refractivity (Wildman–Crippen MR) is 54.6 cm³/mol. The summed E-state index contributed by atoms with van der Waals surface area (Å²) in [6.07, 6.45) is 5.51. The van der Waals surface area contributed by atoms with Gasteiger partial charge in [-0.25, -0.2) is 0 Å². The second-order valence-corrected chi connectivity index (χ2v) is 4.79. The number of ketones is 1. The Kier molecular flexibility index (Phi) is 4.74. The molecule has 0 aromatic rings. The van der Waals surface area contributed by atoms with Gasteiger partial charge >= 0.3 is 0 Å². The smallest absolute Gasteiger partial charge is 0.135 e. The van der Waals surface area contributed by atoms with Crippen LogP contribution in [-0.4, -0.2) is 17.3 Å². The summed E-state index contributed by atoms with van der Waals surface area (Å²) in [4.78, 5) is 11.2. The number of unbranched alkanes of at least 4 members (excludes halogenated alkanes) is 1. The summed E-state index contributed by atoms with van der Waals surface area (Å²) in [5, 5.41) is 0. The number of rotatable bonds is 7. The van der Waals surface area contributed by atoms with Gasteiger partial charge in [0.05, 0.1) is 0 Å². The van der Waals surface area contributed by atoms with Crippen molar-refractivity contribution in [2.45, 2.75) is 39.0 Å². The summed E-state index contributed by atoms with van der Waals surface area (Å²) in [5.74, 6) is 3.44. The minimum absolute atomic E-state index is 0.476. The maximum absolute atomic E-state index is 11.2. The molecule has 0 heterocycles. The van der Waals surface area contributed by atoms with Crippen molar-refractivity contribution in [3.05, 3.63) is 0 Å². The number of Topliss-reactive ketones (excluding diaryl/α,β-unsaturated/α-hetero) is 1. The van der Waals surface area contributed by atoms with Gasteiger partial charge in [-0.3, -0.25) is 4.79 Å². The van der Waals surface area contributed by atoms with E-state index in [4.69, 9.17) is 0 Å². The van der Waals surface area contributed by atoms with Crippen molar-refractivity contribution in [1.82, 2.24) is 0 Å². The molecule has 1 saturated carbocycles. The Morgan fingerprint density at radius 2 is 2.17 bits per heavy atom. The monoisotopic (exact) mass is 186 g/mol. The van der Waals surface area contributed by atoms with E-state index >= 15 is 0 Å². The van der Waals surface area contributed by atoms with Gasteiger partial charge in [-0.1, -0.05) is 6.92 Å².